The van der Waals surface area contributed by atoms with E-state index in [9.17, 15) is 18.5 Å². The van der Waals surface area contributed by atoms with Gasteiger partial charge in [0, 0.05) is 21.4 Å². The van der Waals surface area contributed by atoms with Gasteiger partial charge in [0.05, 0.1) is 5.75 Å². The van der Waals surface area contributed by atoms with E-state index in [2.05, 4.69) is 0 Å². The van der Waals surface area contributed by atoms with Crippen molar-refractivity contribution in [2.24, 2.45) is 0 Å². The van der Waals surface area contributed by atoms with Gasteiger partial charge in [0.2, 0.25) is 0 Å². The van der Waals surface area contributed by atoms with E-state index < -0.39 is 27.8 Å². The number of halogens is 2. The van der Waals surface area contributed by atoms with Crippen LogP contribution < -0.4 is 0 Å². The Morgan fingerprint density at radius 3 is 2.52 bits per heavy atom. The number of hydrogen-bond acceptors (Lipinski definition) is 2. The smallest absolute Gasteiger partial charge is 0.319 e. The monoisotopic (exact) mass is 354 g/mol. The van der Waals surface area contributed by atoms with Crippen molar-refractivity contribution >= 4 is 28.4 Å². The first-order valence-corrected chi connectivity index (χ1v) is 8.81. The van der Waals surface area contributed by atoms with Crippen LogP contribution in [0.4, 0.5) is 4.39 Å². The third kappa shape index (κ3) is 5.15. The Bertz CT molecular complexity index is 706. The third-order valence-corrected chi connectivity index (χ3v) is 5.35. The number of carboxylic acid groups (broad SMARTS) is 1. The summed E-state index contributed by atoms with van der Waals surface area (Å²) in [5, 5.41) is 8.51. The molecular weight excluding hydrogens is 339 g/mol. The zero-order chi connectivity index (χ0) is 16.8. The van der Waals surface area contributed by atoms with E-state index in [0.717, 1.165) is 11.6 Å². The molecule has 2 aromatic rings. The van der Waals surface area contributed by atoms with E-state index in [1.807, 2.05) is 30.3 Å². The van der Waals surface area contributed by atoms with E-state index in [1.165, 1.54) is 12.1 Å². The Morgan fingerprint density at radius 1 is 1.22 bits per heavy atom. The maximum atomic E-state index is 13.8. The van der Waals surface area contributed by atoms with Crippen LogP contribution in [0.1, 0.15) is 17.5 Å². The molecule has 0 spiro atoms. The average molecular weight is 355 g/mol. The van der Waals surface area contributed by atoms with Crippen molar-refractivity contribution in [1.82, 2.24) is 0 Å². The zero-order valence-electron chi connectivity index (χ0n) is 12.2. The predicted molar refractivity (Wildman–Crippen MR) is 89.4 cm³/mol. The Morgan fingerprint density at radius 2 is 1.91 bits per heavy atom. The molecule has 0 bridgehead atoms. The maximum absolute atomic E-state index is 13.8. The Kier molecular flexibility index (Phi) is 6.30. The first-order valence-electron chi connectivity index (χ1n) is 7.05. The lowest BCUT2D eigenvalue weighted by atomic mass is 10.1. The van der Waals surface area contributed by atoms with Crippen molar-refractivity contribution < 1.29 is 18.5 Å². The molecule has 0 aliphatic heterocycles. The first-order chi connectivity index (χ1) is 11.0. The second-order valence-electron chi connectivity index (χ2n) is 5.11. The number of carboxylic acids is 1. The molecule has 23 heavy (non-hydrogen) atoms. The molecule has 0 aliphatic carbocycles. The van der Waals surface area contributed by atoms with Crippen molar-refractivity contribution in [2.75, 3.05) is 0 Å². The van der Waals surface area contributed by atoms with Gasteiger partial charge in [0.25, 0.3) is 0 Å². The lowest BCUT2D eigenvalue weighted by molar-refractivity contribution is -0.136. The highest BCUT2D eigenvalue weighted by atomic mass is 35.5. The molecule has 0 heterocycles. The highest BCUT2D eigenvalue weighted by Gasteiger charge is 2.25. The summed E-state index contributed by atoms with van der Waals surface area (Å²) in [6.07, 6.45) is 0.744. The predicted octanol–water partition coefficient (Wildman–Crippen LogP) is 3.81. The molecule has 0 fully saturated rings. The lowest BCUT2D eigenvalue weighted by Gasteiger charge is -2.13. The second-order valence-corrected chi connectivity index (χ2v) is 7.17. The lowest BCUT2D eigenvalue weighted by Crippen LogP contribution is -2.27. The number of aryl methyl sites for hydroxylation is 1. The molecule has 2 unspecified atom stereocenters. The Hall–Kier alpha value is -1.72. The summed E-state index contributed by atoms with van der Waals surface area (Å²) in [6.45, 7) is 0. The fraction of sp³-hybridized carbons (Fsp3) is 0.235. The molecule has 122 valence electrons. The van der Waals surface area contributed by atoms with Crippen molar-refractivity contribution in [3.8, 4) is 0 Å². The molecule has 0 radical (unpaired) electrons. The van der Waals surface area contributed by atoms with Gasteiger partial charge < -0.3 is 5.11 Å². The van der Waals surface area contributed by atoms with Gasteiger partial charge in [-0.05, 0) is 30.5 Å². The minimum Gasteiger partial charge on any atom is -0.480 e. The van der Waals surface area contributed by atoms with Gasteiger partial charge in [-0.25, -0.2) is 4.39 Å². The minimum atomic E-state index is -1.71. The van der Waals surface area contributed by atoms with E-state index in [-0.39, 0.29) is 22.8 Å². The van der Waals surface area contributed by atoms with Gasteiger partial charge in [-0.2, -0.15) is 0 Å². The van der Waals surface area contributed by atoms with Gasteiger partial charge in [0.15, 0.2) is 0 Å². The molecule has 0 amide bonds. The highest BCUT2D eigenvalue weighted by Crippen LogP contribution is 2.19. The molecule has 0 aliphatic rings. The summed E-state index contributed by atoms with van der Waals surface area (Å²) in [6, 6.07) is 13.5. The largest absolute Gasteiger partial charge is 0.480 e. The quantitative estimate of drug-likeness (QED) is 0.822. The average Bonchev–Trinajstić information content (AvgIpc) is 2.51. The van der Waals surface area contributed by atoms with Crippen LogP contribution >= 0.6 is 11.6 Å². The topological polar surface area (TPSA) is 54.4 Å². The standard InChI is InChI=1S/C17H16ClFO3S/c18-14-8-7-13(15(19)10-14)11-23(22)16(17(20)21)9-6-12-4-2-1-3-5-12/h1-5,7-8,10,16H,6,9,11H2,(H,20,21). The second kappa shape index (κ2) is 8.22. The summed E-state index contributed by atoms with van der Waals surface area (Å²) in [5.41, 5.74) is 1.19. The third-order valence-electron chi connectivity index (χ3n) is 3.44. The van der Waals surface area contributed by atoms with Gasteiger partial charge in [-0.3, -0.25) is 9.00 Å². The van der Waals surface area contributed by atoms with Crippen LogP contribution in [-0.2, 0) is 27.8 Å². The van der Waals surface area contributed by atoms with Crippen molar-refractivity contribution in [2.45, 2.75) is 23.8 Å². The van der Waals surface area contributed by atoms with Gasteiger partial charge in [-0.15, -0.1) is 0 Å². The molecule has 0 aromatic heterocycles. The van der Waals surface area contributed by atoms with Crippen LogP contribution in [0.25, 0.3) is 0 Å². The SMILES string of the molecule is O=C(O)C(CCc1ccccc1)S(=O)Cc1ccc(Cl)cc1F. The van der Waals surface area contributed by atoms with E-state index >= 15 is 0 Å². The van der Waals surface area contributed by atoms with Crippen LogP contribution in [0.15, 0.2) is 48.5 Å². The van der Waals surface area contributed by atoms with Gasteiger partial charge >= 0.3 is 5.97 Å². The molecule has 1 N–H and O–H groups in total. The van der Waals surface area contributed by atoms with Gasteiger partial charge in [0.1, 0.15) is 11.1 Å². The number of carbonyl (C=O) groups is 1. The normalized spacial score (nSPS) is 13.5. The van der Waals surface area contributed by atoms with E-state index in [0.29, 0.717) is 6.42 Å². The molecule has 0 saturated heterocycles. The number of benzene rings is 2. The van der Waals surface area contributed by atoms with Crippen LogP contribution in [0.5, 0.6) is 0 Å². The van der Waals surface area contributed by atoms with E-state index in [1.54, 1.807) is 0 Å². The zero-order valence-corrected chi connectivity index (χ0v) is 13.8. The highest BCUT2D eigenvalue weighted by molar-refractivity contribution is 7.85. The molecular formula is C17H16ClFO3S. The van der Waals surface area contributed by atoms with Crippen LogP contribution in [0.3, 0.4) is 0 Å². The fourth-order valence-electron chi connectivity index (χ4n) is 2.20. The maximum Gasteiger partial charge on any atom is 0.319 e. The molecule has 2 atom stereocenters. The van der Waals surface area contributed by atoms with Crippen molar-refractivity contribution in [1.29, 1.82) is 0 Å². The van der Waals surface area contributed by atoms with E-state index in [4.69, 9.17) is 11.6 Å². The molecule has 3 nitrogen and oxygen atoms in total. The molecule has 6 heteroatoms. The Balaban J connectivity index is 2.05. The number of aliphatic carboxylic acids is 1. The summed E-state index contributed by atoms with van der Waals surface area (Å²) in [5.74, 6) is -1.85. The summed E-state index contributed by atoms with van der Waals surface area (Å²) >= 11 is 5.67. The van der Waals surface area contributed by atoms with Gasteiger partial charge in [-0.1, -0.05) is 48.0 Å². The summed E-state index contributed by atoms with van der Waals surface area (Å²) in [7, 11) is -1.71. The van der Waals surface area contributed by atoms with Crippen molar-refractivity contribution in [3.63, 3.8) is 0 Å². The van der Waals surface area contributed by atoms with Crippen LogP contribution in [0, 0.1) is 5.82 Å². The summed E-state index contributed by atoms with van der Waals surface area (Å²) < 4.78 is 26.1. The minimum absolute atomic E-state index is 0.144. The van der Waals surface area contributed by atoms with Crippen molar-refractivity contribution in [3.05, 3.63) is 70.5 Å². The molecule has 0 saturated carbocycles. The number of rotatable bonds is 7. The van der Waals surface area contributed by atoms with Crippen LogP contribution in [-0.4, -0.2) is 20.5 Å². The van der Waals surface area contributed by atoms with Crippen LogP contribution in [0.2, 0.25) is 5.02 Å². The first kappa shape index (κ1) is 17.6. The molecule has 2 aromatic carbocycles. The Labute approximate surface area is 141 Å². The fourth-order valence-corrected chi connectivity index (χ4v) is 3.71. The summed E-state index contributed by atoms with van der Waals surface area (Å²) in [4.78, 5) is 11.4. The number of hydrogen-bond donors (Lipinski definition) is 1. The molecule has 2 rings (SSSR count).